The number of aryl methyl sites for hydroxylation is 2. The molecule has 2 rings (SSSR count). The van der Waals surface area contributed by atoms with E-state index >= 15 is 0 Å². The highest BCUT2D eigenvalue weighted by Crippen LogP contribution is 2.22. The smallest absolute Gasteiger partial charge is 0.339 e. The maximum Gasteiger partial charge on any atom is 0.339 e. The number of nitriles is 1. The second-order valence-corrected chi connectivity index (χ2v) is 5.96. The highest BCUT2D eigenvalue weighted by atomic mass is 32.2. The summed E-state index contributed by atoms with van der Waals surface area (Å²) >= 11 is 0. The van der Waals surface area contributed by atoms with Crippen molar-refractivity contribution in [3.05, 3.63) is 59.2 Å². The molecule has 0 saturated heterocycles. The molecule has 20 heavy (non-hydrogen) atoms. The van der Waals surface area contributed by atoms with Crippen LogP contribution in [0.15, 0.2) is 47.4 Å². The molecule has 0 aliphatic rings. The number of nitrogens with zero attached hydrogens (tertiary/aromatic N) is 1. The lowest BCUT2D eigenvalue weighted by atomic mass is 10.2. The molecule has 0 aliphatic heterocycles. The van der Waals surface area contributed by atoms with Crippen LogP contribution >= 0.6 is 0 Å². The molecule has 0 atom stereocenters. The van der Waals surface area contributed by atoms with Crippen LogP contribution in [0.4, 0.5) is 0 Å². The van der Waals surface area contributed by atoms with Gasteiger partial charge in [-0.2, -0.15) is 13.7 Å². The second-order valence-electron chi connectivity index (χ2n) is 4.45. The molecule has 2 aromatic carbocycles. The number of hydrogen-bond donors (Lipinski definition) is 0. The summed E-state index contributed by atoms with van der Waals surface area (Å²) < 4.78 is 29.6. The predicted molar refractivity (Wildman–Crippen MR) is 74.9 cm³/mol. The van der Waals surface area contributed by atoms with Crippen LogP contribution in [0.1, 0.15) is 16.7 Å². The highest BCUT2D eigenvalue weighted by Gasteiger charge is 2.19. The maximum atomic E-state index is 12.3. The Kier molecular flexibility index (Phi) is 3.77. The maximum absolute atomic E-state index is 12.3. The minimum atomic E-state index is -3.90. The minimum absolute atomic E-state index is 0.130. The first-order chi connectivity index (χ1) is 9.42. The van der Waals surface area contributed by atoms with Crippen molar-refractivity contribution in [1.82, 2.24) is 0 Å². The fourth-order valence-electron chi connectivity index (χ4n) is 1.77. The van der Waals surface area contributed by atoms with Gasteiger partial charge in [0.05, 0.1) is 11.6 Å². The molecule has 0 aliphatic carbocycles. The summed E-state index contributed by atoms with van der Waals surface area (Å²) in [6.45, 7) is 3.52. The lowest BCUT2D eigenvalue weighted by molar-refractivity contribution is 0.485. The molecule has 0 radical (unpaired) electrons. The molecule has 0 N–H and O–H groups in total. The largest absolute Gasteiger partial charge is 0.379 e. The average Bonchev–Trinajstić information content (AvgIpc) is 2.41. The summed E-state index contributed by atoms with van der Waals surface area (Å²) in [6.07, 6.45) is 0. The summed E-state index contributed by atoms with van der Waals surface area (Å²) in [5.41, 5.74) is 1.80. The van der Waals surface area contributed by atoms with Crippen molar-refractivity contribution in [2.75, 3.05) is 0 Å². The minimum Gasteiger partial charge on any atom is -0.379 e. The third-order valence-electron chi connectivity index (χ3n) is 2.78. The van der Waals surface area contributed by atoms with E-state index in [1.807, 2.05) is 19.1 Å². The lowest BCUT2D eigenvalue weighted by Crippen LogP contribution is -2.11. The summed E-state index contributed by atoms with van der Waals surface area (Å²) in [5.74, 6) is 0.130. The molecule has 0 spiro atoms. The van der Waals surface area contributed by atoms with Crippen LogP contribution in [0, 0.1) is 25.2 Å². The van der Waals surface area contributed by atoms with Crippen molar-refractivity contribution in [2.45, 2.75) is 18.7 Å². The highest BCUT2D eigenvalue weighted by molar-refractivity contribution is 7.87. The van der Waals surface area contributed by atoms with Gasteiger partial charge >= 0.3 is 10.1 Å². The number of hydrogen-bond acceptors (Lipinski definition) is 4. The van der Waals surface area contributed by atoms with Crippen molar-refractivity contribution in [1.29, 1.82) is 5.26 Å². The quantitative estimate of drug-likeness (QED) is 0.814. The number of benzene rings is 2. The van der Waals surface area contributed by atoms with Crippen LogP contribution in [-0.2, 0) is 10.1 Å². The fourth-order valence-corrected chi connectivity index (χ4v) is 3.01. The van der Waals surface area contributed by atoms with Crippen LogP contribution in [0.5, 0.6) is 5.75 Å². The molecular weight excluding hydrogens is 274 g/mol. The van der Waals surface area contributed by atoms with Crippen molar-refractivity contribution < 1.29 is 12.6 Å². The monoisotopic (exact) mass is 287 g/mol. The first-order valence-electron chi connectivity index (χ1n) is 5.94. The van der Waals surface area contributed by atoms with Gasteiger partial charge in [0.15, 0.2) is 0 Å². The van der Waals surface area contributed by atoms with E-state index in [1.54, 1.807) is 31.2 Å². The molecule has 0 aromatic heterocycles. The van der Waals surface area contributed by atoms with Crippen molar-refractivity contribution in [3.8, 4) is 11.8 Å². The van der Waals surface area contributed by atoms with Gasteiger partial charge < -0.3 is 4.18 Å². The Morgan fingerprint density at radius 1 is 1.10 bits per heavy atom. The van der Waals surface area contributed by atoms with Gasteiger partial charge in [-0.05, 0) is 49.2 Å². The summed E-state index contributed by atoms with van der Waals surface area (Å²) in [5, 5.41) is 8.80. The molecule has 4 nitrogen and oxygen atoms in total. The van der Waals surface area contributed by atoms with E-state index in [2.05, 4.69) is 0 Å². The van der Waals surface area contributed by atoms with Gasteiger partial charge in [0.2, 0.25) is 0 Å². The number of rotatable bonds is 3. The predicted octanol–water partition coefficient (Wildman–Crippen LogP) is 2.94. The third kappa shape index (κ3) is 2.98. The standard InChI is InChI=1S/C15H13NO3S/c1-11-6-7-12(2)15(8-11)20(17,18)19-14-5-3-4-13(9-14)10-16/h3-9H,1-2H3. The molecule has 0 amide bonds. The second kappa shape index (κ2) is 5.35. The molecular formula is C15H13NO3S. The van der Waals surface area contributed by atoms with Crippen LogP contribution in [0.25, 0.3) is 0 Å². The van der Waals surface area contributed by atoms with Crippen LogP contribution < -0.4 is 4.18 Å². The fraction of sp³-hybridized carbons (Fsp3) is 0.133. The molecule has 2 aromatic rings. The Labute approximate surface area is 118 Å². The van der Waals surface area contributed by atoms with E-state index < -0.39 is 10.1 Å². The van der Waals surface area contributed by atoms with Gasteiger partial charge in [0.25, 0.3) is 0 Å². The van der Waals surface area contributed by atoms with Crippen LogP contribution in [-0.4, -0.2) is 8.42 Å². The van der Waals surface area contributed by atoms with Crippen LogP contribution in [0.2, 0.25) is 0 Å². The van der Waals surface area contributed by atoms with Crippen molar-refractivity contribution in [3.63, 3.8) is 0 Å². The molecule has 0 saturated carbocycles. The summed E-state index contributed by atoms with van der Waals surface area (Å²) in [7, 11) is -3.90. The Balaban J connectivity index is 2.41. The summed E-state index contributed by atoms with van der Waals surface area (Å²) in [6, 6.07) is 13.1. The van der Waals surface area contributed by atoms with Gasteiger partial charge in [0.1, 0.15) is 10.6 Å². The van der Waals surface area contributed by atoms with Crippen molar-refractivity contribution in [2.24, 2.45) is 0 Å². The SMILES string of the molecule is Cc1ccc(C)c(S(=O)(=O)Oc2cccc(C#N)c2)c1. The van der Waals surface area contributed by atoms with Gasteiger partial charge in [-0.15, -0.1) is 0 Å². The van der Waals surface area contributed by atoms with Crippen LogP contribution in [0.3, 0.4) is 0 Å². The molecule has 0 heterocycles. The molecule has 0 unspecified atom stereocenters. The Morgan fingerprint density at radius 3 is 2.55 bits per heavy atom. The first-order valence-corrected chi connectivity index (χ1v) is 7.35. The molecule has 5 heteroatoms. The zero-order chi connectivity index (χ0) is 14.8. The van der Waals surface area contributed by atoms with Gasteiger partial charge in [-0.3, -0.25) is 0 Å². The first kappa shape index (κ1) is 14.1. The Hall–Kier alpha value is -2.32. The van der Waals surface area contributed by atoms with Gasteiger partial charge in [-0.25, -0.2) is 0 Å². The van der Waals surface area contributed by atoms with E-state index in [0.717, 1.165) is 5.56 Å². The topological polar surface area (TPSA) is 67.2 Å². The summed E-state index contributed by atoms with van der Waals surface area (Å²) in [4.78, 5) is 0.139. The van der Waals surface area contributed by atoms with Crippen molar-refractivity contribution >= 4 is 10.1 Å². The lowest BCUT2D eigenvalue weighted by Gasteiger charge is -2.10. The van der Waals surface area contributed by atoms with E-state index in [9.17, 15) is 8.42 Å². The van der Waals surface area contributed by atoms with E-state index in [-0.39, 0.29) is 10.6 Å². The van der Waals surface area contributed by atoms with E-state index in [1.165, 1.54) is 12.1 Å². The average molecular weight is 287 g/mol. The molecule has 102 valence electrons. The third-order valence-corrected chi connectivity index (χ3v) is 4.17. The van der Waals surface area contributed by atoms with E-state index in [0.29, 0.717) is 11.1 Å². The zero-order valence-corrected chi connectivity index (χ0v) is 11.9. The molecule has 0 bridgehead atoms. The molecule has 0 fully saturated rings. The zero-order valence-electron chi connectivity index (χ0n) is 11.1. The van der Waals surface area contributed by atoms with Gasteiger partial charge in [-0.1, -0.05) is 18.2 Å². The van der Waals surface area contributed by atoms with Gasteiger partial charge in [0, 0.05) is 0 Å². The Bertz CT molecular complexity index is 789. The Morgan fingerprint density at radius 2 is 1.85 bits per heavy atom. The van der Waals surface area contributed by atoms with E-state index in [4.69, 9.17) is 9.44 Å². The normalized spacial score (nSPS) is 10.8.